The molecule has 0 bridgehead atoms. The second-order valence-electron chi connectivity index (χ2n) is 6.40. The van der Waals surface area contributed by atoms with Crippen LogP contribution in [0.5, 0.6) is 0 Å². The first-order valence-electron chi connectivity index (χ1n) is 8.24. The molecule has 0 radical (unpaired) electrons. The van der Waals surface area contributed by atoms with Crippen molar-refractivity contribution in [1.29, 1.82) is 0 Å². The highest BCUT2D eigenvalue weighted by molar-refractivity contribution is 6.00. The van der Waals surface area contributed by atoms with Gasteiger partial charge in [-0.3, -0.25) is 9.59 Å². The highest BCUT2D eigenvalue weighted by Crippen LogP contribution is 2.31. The van der Waals surface area contributed by atoms with E-state index in [1.165, 1.54) is 6.20 Å². The predicted octanol–water partition coefficient (Wildman–Crippen LogP) is 1.89. The summed E-state index contributed by atoms with van der Waals surface area (Å²) in [6.07, 6.45) is 8.38. The molecule has 24 heavy (non-hydrogen) atoms. The largest absolute Gasteiger partial charge is 0.354 e. The van der Waals surface area contributed by atoms with E-state index in [4.69, 9.17) is 0 Å². The number of hydrogen-bond acceptors (Lipinski definition) is 4. The molecule has 3 heterocycles. The Bertz CT molecular complexity index is 966. The fourth-order valence-corrected chi connectivity index (χ4v) is 3.76. The van der Waals surface area contributed by atoms with Gasteiger partial charge in [-0.15, -0.1) is 0 Å². The minimum atomic E-state index is -0.0841. The third-order valence-corrected chi connectivity index (χ3v) is 4.80. The minimum Gasteiger partial charge on any atom is -0.354 e. The lowest BCUT2D eigenvalue weighted by molar-refractivity contribution is -0.119. The maximum atomic E-state index is 12.6. The van der Waals surface area contributed by atoms with Crippen molar-refractivity contribution in [3.8, 4) is 0 Å². The molecule has 2 N–H and O–H groups in total. The van der Waals surface area contributed by atoms with Crippen LogP contribution in [-0.4, -0.2) is 31.5 Å². The summed E-state index contributed by atoms with van der Waals surface area (Å²) in [5.74, 6) is 0.00471. The molecule has 1 aliphatic rings. The van der Waals surface area contributed by atoms with Gasteiger partial charge in [0.1, 0.15) is 11.2 Å². The van der Waals surface area contributed by atoms with Crippen LogP contribution in [0.3, 0.4) is 0 Å². The fourth-order valence-electron chi connectivity index (χ4n) is 3.76. The van der Waals surface area contributed by atoms with E-state index in [2.05, 4.69) is 20.3 Å². The van der Waals surface area contributed by atoms with Crippen LogP contribution in [-0.2, 0) is 4.79 Å². The van der Waals surface area contributed by atoms with Crippen LogP contribution in [0.4, 0.5) is 0 Å². The van der Waals surface area contributed by atoms with Crippen molar-refractivity contribution >= 4 is 28.0 Å². The lowest BCUT2D eigenvalue weighted by atomic mass is 9.90. The van der Waals surface area contributed by atoms with Gasteiger partial charge in [-0.05, 0) is 31.7 Å². The smallest absolute Gasteiger partial charge is 0.269 e. The van der Waals surface area contributed by atoms with Gasteiger partial charge in [-0.1, -0.05) is 0 Å². The molecule has 0 aromatic carbocycles. The van der Waals surface area contributed by atoms with Gasteiger partial charge in [0.2, 0.25) is 5.91 Å². The maximum absolute atomic E-state index is 12.6. The van der Waals surface area contributed by atoms with E-state index in [9.17, 15) is 9.59 Å². The van der Waals surface area contributed by atoms with Crippen LogP contribution in [0.25, 0.3) is 22.1 Å². The molecule has 0 atom stereocenters. The van der Waals surface area contributed by atoms with Crippen molar-refractivity contribution in [2.75, 3.05) is 0 Å². The lowest BCUT2D eigenvalue weighted by Crippen LogP contribution is -2.38. The number of carbonyl (C=O) groups is 1. The number of fused-ring (bicyclic) bond motifs is 3. The molecular weight excluding hydrogens is 306 g/mol. The van der Waals surface area contributed by atoms with Crippen molar-refractivity contribution in [2.24, 2.45) is 0 Å². The SMILES string of the molecule is CC(=O)NC1CCC(n2c(=O)cnc3cnc4[nH]ccc4c32)CC1. The van der Waals surface area contributed by atoms with E-state index < -0.39 is 0 Å². The zero-order valence-corrected chi connectivity index (χ0v) is 13.5. The summed E-state index contributed by atoms with van der Waals surface area (Å²) in [6.45, 7) is 1.54. The average Bonchev–Trinajstić information content (AvgIpc) is 3.04. The number of nitrogens with zero attached hydrogens (tertiary/aromatic N) is 3. The number of hydrogen-bond donors (Lipinski definition) is 2. The van der Waals surface area contributed by atoms with Crippen LogP contribution in [0, 0.1) is 0 Å². The first kappa shape index (κ1) is 14.9. The Balaban J connectivity index is 1.77. The Morgan fingerprint density at radius 3 is 2.79 bits per heavy atom. The van der Waals surface area contributed by atoms with Gasteiger partial charge in [-0.25, -0.2) is 9.97 Å². The highest BCUT2D eigenvalue weighted by Gasteiger charge is 2.25. The van der Waals surface area contributed by atoms with Gasteiger partial charge >= 0.3 is 0 Å². The first-order valence-corrected chi connectivity index (χ1v) is 8.24. The zero-order valence-electron chi connectivity index (χ0n) is 13.5. The molecule has 1 aliphatic carbocycles. The molecule has 7 nitrogen and oxygen atoms in total. The standard InChI is InChI=1S/C17H19N5O2/c1-10(23)21-11-2-4-12(5-3-11)22-15(24)9-19-14-8-20-17-13(16(14)22)6-7-18-17/h6-9,11-12H,2-5H2,1H3,(H,18,20)(H,21,23). The molecule has 1 fully saturated rings. The number of pyridine rings is 1. The second kappa shape index (κ2) is 5.74. The van der Waals surface area contributed by atoms with E-state index in [0.717, 1.165) is 47.8 Å². The third kappa shape index (κ3) is 2.46. The van der Waals surface area contributed by atoms with Crippen molar-refractivity contribution < 1.29 is 4.79 Å². The quantitative estimate of drug-likeness (QED) is 0.752. The normalized spacial score (nSPS) is 21.2. The maximum Gasteiger partial charge on any atom is 0.269 e. The minimum absolute atomic E-state index is 0.00471. The fraction of sp³-hybridized carbons (Fsp3) is 0.412. The van der Waals surface area contributed by atoms with E-state index in [1.807, 2.05) is 16.8 Å². The molecule has 0 aliphatic heterocycles. The molecule has 3 aromatic rings. The van der Waals surface area contributed by atoms with Crippen LogP contribution >= 0.6 is 0 Å². The number of carbonyl (C=O) groups excluding carboxylic acids is 1. The number of aromatic amines is 1. The summed E-state index contributed by atoms with van der Waals surface area (Å²) < 4.78 is 1.87. The summed E-state index contributed by atoms with van der Waals surface area (Å²) in [4.78, 5) is 35.5. The zero-order chi connectivity index (χ0) is 16.7. The van der Waals surface area contributed by atoms with Gasteiger partial charge in [-0.2, -0.15) is 0 Å². The Kier molecular flexibility index (Phi) is 3.55. The summed E-state index contributed by atoms with van der Waals surface area (Å²) in [7, 11) is 0. The molecular formula is C17H19N5O2. The van der Waals surface area contributed by atoms with E-state index in [1.54, 1.807) is 13.1 Å². The molecule has 0 unspecified atom stereocenters. The van der Waals surface area contributed by atoms with Crippen LogP contribution in [0.2, 0.25) is 0 Å². The van der Waals surface area contributed by atoms with E-state index in [0.29, 0.717) is 0 Å². The van der Waals surface area contributed by atoms with Gasteiger partial charge in [0, 0.05) is 30.6 Å². The third-order valence-electron chi connectivity index (χ3n) is 4.80. The first-order chi connectivity index (χ1) is 11.6. The van der Waals surface area contributed by atoms with Gasteiger partial charge < -0.3 is 14.9 Å². The van der Waals surface area contributed by atoms with Crippen molar-refractivity contribution in [3.63, 3.8) is 0 Å². The summed E-state index contributed by atoms with van der Waals surface area (Å²) >= 11 is 0. The highest BCUT2D eigenvalue weighted by atomic mass is 16.1. The van der Waals surface area contributed by atoms with Crippen LogP contribution in [0.15, 0.2) is 29.5 Å². The summed E-state index contributed by atoms with van der Waals surface area (Å²) in [5, 5.41) is 3.90. The van der Waals surface area contributed by atoms with Crippen LogP contribution < -0.4 is 10.9 Å². The number of aromatic nitrogens is 4. The van der Waals surface area contributed by atoms with Crippen molar-refractivity contribution in [1.82, 2.24) is 24.8 Å². The Hall–Kier alpha value is -2.70. The van der Waals surface area contributed by atoms with Crippen molar-refractivity contribution in [3.05, 3.63) is 35.0 Å². The second-order valence-corrected chi connectivity index (χ2v) is 6.40. The molecule has 4 rings (SSSR count). The van der Waals surface area contributed by atoms with E-state index >= 15 is 0 Å². The van der Waals surface area contributed by atoms with Gasteiger partial charge in [0.05, 0.1) is 17.9 Å². The van der Waals surface area contributed by atoms with Crippen molar-refractivity contribution in [2.45, 2.75) is 44.7 Å². The van der Waals surface area contributed by atoms with Gasteiger partial charge in [0.15, 0.2) is 0 Å². The Morgan fingerprint density at radius 2 is 2.04 bits per heavy atom. The molecule has 1 saturated carbocycles. The molecule has 7 heteroatoms. The average molecular weight is 325 g/mol. The molecule has 1 amide bonds. The van der Waals surface area contributed by atoms with E-state index in [-0.39, 0.29) is 23.6 Å². The number of amides is 1. The molecule has 0 saturated heterocycles. The molecule has 0 spiro atoms. The number of nitrogens with one attached hydrogen (secondary N) is 2. The van der Waals surface area contributed by atoms with Gasteiger partial charge in [0.25, 0.3) is 5.56 Å². The van der Waals surface area contributed by atoms with Crippen LogP contribution in [0.1, 0.15) is 38.6 Å². The summed E-state index contributed by atoms with van der Waals surface area (Å²) in [6, 6.07) is 2.26. The molecule has 124 valence electrons. The Morgan fingerprint density at radius 1 is 1.25 bits per heavy atom. The monoisotopic (exact) mass is 325 g/mol. The summed E-state index contributed by atoms with van der Waals surface area (Å²) in [5.41, 5.74) is 2.25. The number of H-pyrrole nitrogens is 1. The molecule has 3 aromatic heterocycles. The Labute approximate surface area is 138 Å². The lowest BCUT2D eigenvalue weighted by Gasteiger charge is -2.30. The predicted molar refractivity (Wildman–Crippen MR) is 90.8 cm³/mol. The topological polar surface area (TPSA) is 92.7 Å². The number of rotatable bonds is 2.